The van der Waals surface area contributed by atoms with Crippen molar-refractivity contribution in [3.63, 3.8) is 0 Å². The lowest BCUT2D eigenvalue weighted by Crippen LogP contribution is -2.49. The van der Waals surface area contributed by atoms with Crippen molar-refractivity contribution in [1.29, 1.82) is 0 Å². The van der Waals surface area contributed by atoms with E-state index in [0.29, 0.717) is 18.7 Å². The predicted molar refractivity (Wildman–Crippen MR) is 75.7 cm³/mol. The molecule has 4 atom stereocenters. The largest absolute Gasteiger partial charge is 0.395 e. The van der Waals surface area contributed by atoms with Gasteiger partial charge in [-0.15, -0.1) is 0 Å². The van der Waals surface area contributed by atoms with Crippen molar-refractivity contribution in [2.24, 2.45) is 11.8 Å². The summed E-state index contributed by atoms with van der Waals surface area (Å²) in [6.45, 7) is 5.10. The molecule has 3 heteroatoms. The third-order valence-electron chi connectivity index (χ3n) is 5.04. The first-order valence-corrected chi connectivity index (χ1v) is 7.76. The van der Waals surface area contributed by atoms with Crippen molar-refractivity contribution in [3.8, 4) is 0 Å². The van der Waals surface area contributed by atoms with E-state index in [2.05, 4.69) is 24.2 Å². The lowest BCUT2D eigenvalue weighted by atomic mass is 9.78. The van der Waals surface area contributed by atoms with Gasteiger partial charge in [-0.3, -0.25) is 4.90 Å². The summed E-state index contributed by atoms with van der Waals surface area (Å²) in [4.78, 5) is 2.55. The van der Waals surface area contributed by atoms with Gasteiger partial charge in [-0.2, -0.15) is 0 Å². The average molecular weight is 254 g/mol. The lowest BCUT2D eigenvalue weighted by Gasteiger charge is -2.42. The summed E-state index contributed by atoms with van der Waals surface area (Å²) in [5.74, 6) is 1.64. The molecule has 0 bridgehead atoms. The number of aliphatic hydroxyl groups excluding tert-OH is 1. The third-order valence-corrected chi connectivity index (χ3v) is 5.04. The van der Waals surface area contributed by atoms with Gasteiger partial charge in [0.15, 0.2) is 0 Å². The summed E-state index contributed by atoms with van der Waals surface area (Å²) in [6, 6.07) is 1.11. The second-order valence-electron chi connectivity index (χ2n) is 6.40. The van der Waals surface area contributed by atoms with Gasteiger partial charge in [0.05, 0.1) is 6.61 Å². The quantitative estimate of drug-likeness (QED) is 0.804. The summed E-state index contributed by atoms with van der Waals surface area (Å²) in [5.41, 5.74) is 0. The van der Waals surface area contributed by atoms with E-state index in [1.54, 1.807) is 0 Å². The first-order chi connectivity index (χ1) is 8.74. The molecule has 2 N–H and O–H groups in total. The normalized spacial score (nSPS) is 38.8. The third kappa shape index (κ3) is 3.46. The van der Waals surface area contributed by atoms with E-state index in [4.69, 9.17) is 0 Å². The highest BCUT2D eigenvalue weighted by Crippen LogP contribution is 2.31. The molecule has 18 heavy (non-hydrogen) atoms. The summed E-state index contributed by atoms with van der Waals surface area (Å²) >= 11 is 0. The van der Waals surface area contributed by atoms with Crippen LogP contribution in [0.25, 0.3) is 0 Å². The van der Waals surface area contributed by atoms with Crippen LogP contribution >= 0.6 is 0 Å². The maximum atomic E-state index is 9.51. The van der Waals surface area contributed by atoms with Gasteiger partial charge in [-0.25, -0.2) is 0 Å². The molecule has 1 saturated heterocycles. The molecule has 1 aliphatic heterocycles. The molecule has 2 rings (SSSR count). The highest BCUT2D eigenvalue weighted by Gasteiger charge is 2.31. The Morgan fingerprint density at radius 1 is 1.22 bits per heavy atom. The van der Waals surface area contributed by atoms with Crippen molar-refractivity contribution in [3.05, 3.63) is 0 Å². The smallest absolute Gasteiger partial charge is 0.0586 e. The summed E-state index contributed by atoms with van der Waals surface area (Å²) in [7, 11) is 2.10. The molecule has 2 aliphatic rings. The Morgan fingerprint density at radius 3 is 2.78 bits per heavy atom. The van der Waals surface area contributed by atoms with Crippen LogP contribution in [-0.2, 0) is 0 Å². The average Bonchev–Trinajstić information content (AvgIpc) is 2.40. The zero-order valence-electron chi connectivity index (χ0n) is 12.1. The van der Waals surface area contributed by atoms with E-state index in [-0.39, 0.29) is 0 Å². The molecule has 0 aromatic heterocycles. The molecule has 1 heterocycles. The molecule has 106 valence electrons. The number of hydrogen-bond donors (Lipinski definition) is 2. The molecular weight excluding hydrogens is 224 g/mol. The fraction of sp³-hybridized carbons (Fsp3) is 1.00. The number of piperidine rings is 1. The van der Waals surface area contributed by atoms with Crippen LogP contribution in [0.15, 0.2) is 0 Å². The fourth-order valence-corrected chi connectivity index (χ4v) is 3.89. The van der Waals surface area contributed by atoms with E-state index >= 15 is 0 Å². The summed E-state index contributed by atoms with van der Waals surface area (Å²) < 4.78 is 0. The molecule has 2 fully saturated rings. The maximum absolute atomic E-state index is 9.51. The van der Waals surface area contributed by atoms with E-state index in [1.165, 1.54) is 51.6 Å². The van der Waals surface area contributed by atoms with Gasteiger partial charge in [-0.1, -0.05) is 13.3 Å². The Labute approximate surface area is 112 Å². The Morgan fingerprint density at radius 2 is 2.06 bits per heavy atom. The Balaban J connectivity index is 1.92. The minimum Gasteiger partial charge on any atom is -0.395 e. The molecule has 0 aromatic carbocycles. The highest BCUT2D eigenvalue weighted by molar-refractivity contribution is 4.87. The second kappa shape index (κ2) is 6.88. The minimum atomic E-state index is 0.340. The van der Waals surface area contributed by atoms with Crippen LogP contribution < -0.4 is 5.32 Å². The number of aliphatic hydroxyl groups is 1. The second-order valence-corrected chi connectivity index (χ2v) is 6.40. The number of likely N-dealkylation sites (tertiary alicyclic amines) is 1. The van der Waals surface area contributed by atoms with Gasteiger partial charge in [0.1, 0.15) is 0 Å². The van der Waals surface area contributed by atoms with Gasteiger partial charge in [-0.05, 0) is 57.5 Å². The van der Waals surface area contributed by atoms with Gasteiger partial charge in [0, 0.05) is 18.6 Å². The number of hydrogen-bond acceptors (Lipinski definition) is 3. The van der Waals surface area contributed by atoms with Crippen molar-refractivity contribution >= 4 is 0 Å². The summed E-state index contributed by atoms with van der Waals surface area (Å²) in [6.07, 6.45) is 7.82. The number of nitrogens with zero attached hydrogens (tertiary/aromatic N) is 1. The SMILES string of the molecule is CNC1CCC(C)CC1CN1CCCCC1CO. The maximum Gasteiger partial charge on any atom is 0.0586 e. The van der Waals surface area contributed by atoms with Crippen LogP contribution in [0.4, 0.5) is 0 Å². The van der Waals surface area contributed by atoms with Crippen LogP contribution in [0.5, 0.6) is 0 Å². The summed E-state index contributed by atoms with van der Waals surface area (Å²) in [5, 5.41) is 13.0. The zero-order chi connectivity index (χ0) is 13.0. The molecule has 0 spiro atoms. The minimum absolute atomic E-state index is 0.340. The van der Waals surface area contributed by atoms with E-state index < -0.39 is 0 Å². The lowest BCUT2D eigenvalue weighted by molar-refractivity contribution is 0.0571. The number of nitrogens with one attached hydrogen (secondary N) is 1. The van der Waals surface area contributed by atoms with E-state index in [1.807, 2.05) is 0 Å². The monoisotopic (exact) mass is 254 g/mol. The van der Waals surface area contributed by atoms with Crippen LogP contribution in [0.1, 0.15) is 45.4 Å². The molecular formula is C15H30N2O. The number of rotatable bonds is 4. The van der Waals surface area contributed by atoms with E-state index in [0.717, 1.165) is 11.8 Å². The molecule has 4 unspecified atom stereocenters. The molecule has 3 nitrogen and oxygen atoms in total. The van der Waals surface area contributed by atoms with Gasteiger partial charge < -0.3 is 10.4 Å². The molecule has 0 radical (unpaired) electrons. The first kappa shape index (κ1) is 14.3. The van der Waals surface area contributed by atoms with Crippen LogP contribution in [0.3, 0.4) is 0 Å². The van der Waals surface area contributed by atoms with Crippen molar-refractivity contribution in [2.45, 2.75) is 57.5 Å². The van der Waals surface area contributed by atoms with E-state index in [9.17, 15) is 5.11 Å². The molecule has 1 aliphatic carbocycles. The fourth-order valence-electron chi connectivity index (χ4n) is 3.89. The van der Waals surface area contributed by atoms with Gasteiger partial charge in [0.2, 0.25) is 0 Å². The topological polar surface area (TPSA) is 35.5 Å². The van der Waals surface area contributed by atoms with Crippen molar-refractivity contribution in [2.75, 3.05) is 26.7 Å². The van der Waals surface area contributed by atoms with Crippen molar-refractivity contribution in [1.82, 2.24) is 10.2 Å². The first-order valence-electron chi connectivity index (χ1n) is 7.76. The zero-order valence-corrected chi connectivity index (χ0v) is 12.1. The standard InChI is InChI=1S/C15H30N2O/c1-12-6-7-15(16-2)13(9-12)10-17-8-4-3-5-14(17)11-18/h12-16,18H,3-11H2,1-2H3. The van der Waals surface area contributed by atoms with Crippen LogP contribution in [0.2, 0.25) is 0 Å². The molecule has 1 saturated carbocycles. The van der Waals surface area contributed by atoms with Crippen molar-refractivity contribution < 1.29 is 5.11 Å². The van der Waals surface area contributed by atoms with Crippen LogP contribution in [0, 0.1) is 11.8 Å². The predicted octanol–water partition coefficient (Wildman–Crippen LogP) is 1.86. The molecule has 0 aromatic rings. The van der Waals surface area contributed by atoms with Gasteiger partial charge >= 0.3 is 0 Å². The Kier molecular flexibility index (Phi) is 5.46. The molecule has 0 amide bonds. The Bertz CT molecular complexity index is 247. The highest BCUT2D eigenvalue weighted by atomic mass is 16.3. The Hall–Kier alpha value is -0.120. The van der Waals surface area contributed by atoms with Crippen LogP contribution in [-0.4, -0.2) is 48.8 Å². The van der Waals surface area contributed by atoms with Gasteiger partial charge in [0.25, 0.3) is 0 Å².